The van der Waals surface area contributed by atoms with Gasteiger partial charge < -0.3 is 5.73 Å². The third kappa shape index (κ3) is 3.16. The molecule has 5 heteroatoms. The van der Waals surface area contributed by atoms with Gasteiger partial charge in [-0.1, -0.05) is 28.1 Å². The van der Waals surface area contributed by atoms with E-state index < -0.39 is 9.84 Å². The van der Waals surface area contributed by atoms with E-state index in [0.717, 1.165) is 15.6 Å². The van der Waals surface area contributed by atoms with Gasteiger partial charge in [0.15, 0.2) is 9.84 Å². The van der Waals surface area contributed by atoms with Crippen LogP contribution < -0.4 is 5.73 Å². The largest absolute Gasteiger partial charge is 0.399 e. The Hall–Kier alpha value is -1.33. The van der Waals surface area contributed by atoms with Crippen LogP contribution in [0.5, 0.6) is 0 Å². The number of anilines is 1. The van der Waals surface area contributed by atoms with Crippen LogP contribution in [0, 0.1) is 6.92 Å². The SMILES string of the molecule is Cc1c(N)cccc1CS(=O)(=O)c1ccc(Br)cc1. The van der Waals surface area contributed by atoms with Crippen LogP contribution >= 0.6 is 15.9 Å². The van der Waals surface area contributed by atoms with Gasteiger partial charge in [0.05, 0.1) is 10.6 Å². The van der Waals surface area contributed by atoms with E-state index in [-0.39, 0.29) is 5.75 Å². The van der Waals surface area contributed by atoms with E-state index >= 15 is 0 Å². The molecule has 0 radical (unpaired) electrons. The van der Waals surface area contributed by atoms with Gasteiger partial charge in [-0.2, -0.15) is 0 Å². The van der Waals surface area contributed by atoms with Gasteiger partial charge in [-0.15, -0.1) is 0 Å². The minimum Gasteiger partial charge on any atom is -0.399 e. The highest BCUT2D eigenvalue weighted by Crippen LogP contribution is 2.23. The maximum atomic E-state index is 12.3. The smallest absolute Gasteiger partial charge is 0.182 e. The van der Waals surface area contributed by atoms with Crippen LogP contribution in [0.15, 0.2) is 51.8 Å². The topological polar surface area (TPSA) is 60.2 Å². The van der Waals surface area contributed by atoms with Gasteiger partial charge in [-0.05, 0) is 48.4 Å². The molecule has 0 heterocycles. The summed E-state index contributed by atoms with van der Waals surface area (Å²) in [6.45, 7) is 1.84. The summed E-state index contributed by atoms with van der Waals surface area (Å²) in [5.74, 6) is -0.0362. The van der Waals surface area contributed by atoms with Crippen LogP contribution in [0.25, 0.3) is 0 Å². The predicted octanol–water partition coefficient (Wildman–Crippen LogP) is 3.31. The molecule has 2 aromatic carbocycles. The second-order valence-corrected chi connectivity index (χ2v) is 7.25. The maximum Gasteiger partial charge on any atom is 0.182 e. The van der Waals surface area contributed by atoms with Crippen LogP contribution in [-0.2, 0) is 15.6 Å². The Kier molecular flexibility index (Phi) is 3.96. The molecule has 0 saturated heterocycles. The van der Waals surface area contributed by atoms with E-state index in [1.807, 2.05) is 6.92 Å². The molecule has 2 N–H and O–H groups in total. The molecule has 0 fully saturated rings. The minimum atomic E-state index is -3.35. The zero-order valence-electron chi connectivity index (χ0n) is 10.4. The van der Waals surface area contributed by atoms with Gasteiger partial charge >= 0.3 is 0 Å². The van der Waals surface area contributed by atoms with E-state index in [9.17, 15) is 8.42 Å². The van der Waals surface area contributed by atoms with E-state index in [0.29, 0.717) is 10.6 Å². The fourth-order valence-corrected chi connectivity index (χ4v) is 3.49. The number of hydrogen-bond donors (Lipinski definition) is 1. The number of hydrogen-bond acceptors (Lipinski definition) is 3. The van der Waals surface area contributed by atoms with Gasteiger partial charge in [0.2, 0.25) is 0 Å². The Balaban J connectivity index is 2.36. The number of nitrogens with two attached hydrogens (primary N) is 1. The molecule has 100 valence electrons. The molecule has 0 spiro atoms. The fraction of sp³-hybridized carbons (Fsp3) is 0.143. The number of nitrogen functional groups attached to an aromatic ring is 1. The summed E-state index contributed by atoms with van der Waals surface area (Å²) < 4.78 is 25.5. The van der Waals surface area contributed by atoms with Crippen molar-refractivity contribution in [2.75, 3.05) is 5.73 Å². The summed E-state index contributed by atoms with van der Waals surface area (Å²) in [4.78, 5) is 0.317. The number of halogens is 1. The molecule has 0 amide bonds. The van der Waals surface area contributed by atoms with Crippen molar-refractivity contribution in [1.82, 2.24) is 0 Å². The summed E-state index contributed by atoms with van der Waals surface area (Å²) in [5, 5.41) is 0. The lowest BCUT2D eigenvalue weighted by atomic mass is 10.1. The molecule has 0 atom stereocenters. The highest BCUT2D eigenvalue weighted by molar-refractivity contribution is 9.10. The van der Waals surface area contributed by atoms with Crippen molar-refractivity contribution in [2.45, 2.75) is 17.6 Å². The Morgan fingerprint density at radius 1 is 1.11 bits per heavy atom. The van der Waals surface area contributed by atoms with Gasteiger partial charge in [0.25, 0.3) is 0 Å². The standard InChI is InChI=1S/C14H14BrNO2S/c1-10-11(3-2-4-14(10)16)9-19(17,18)13-7-5-12(15)6-8-13/h2-8H,9,16H2,1H3. The first-order valence-corrected chi connectivity index (χ1v) is 8.17. The van der Waals surface area contributed by atoms with E-state index in [2.05, 4.69) is 15.9 Å². The normalized spacial score (nSPS) is 11.5. The molecule has 19 heavy (non-hydrogen) atoms. The van der Waals surface area contributed by atoms with Crippen molar-refractivity contribution in [3.8, 4) is 0 Å². The number of sulfone groups is 1. The first-order chi connectivity index (χ1) is 8.90. The van der Waals surface area contributed by atoms with Crippen molar-refractivity contribution in [1.29, 1.82) is 0 Å². The molecule has 0 aliphatic carbocycles. The molecular weight excluding hydrogens is 326 g/mol. The summed E-state index contributed by atoms with van der Waals surface area (Å²) >= 11 is 3.29. The maximum absolute atomic E-state index is 12.3. The average molecular weight is 340 g/mol. The number of rotatable bonds is 3. The zero-order valence-corrected chi connectivity index (χ0v) is 12.8. The Morgan fingerprint density at radius 3 is 2.37 bits per heavy atom. The first kappa shape index (κ1) is 14.1. The lowest BCUT2D eigenvalue weighted by Crippen LogP contribution is -2.07. The van der Waals surface area contributed by atoms with Crippen molar-refractivity contribution in [3.63, 3.8) is 0 Å². The lowest BCUT2D eigenvalue weighted by Gasteiger charge is -2.09. The zero-order chi connectivity index (χ0) is 14.0. The highest BCUT2D eigenvalue weighted by Gasteiger charge is 2.16. The van der Waals surface area contributed by atoms with Gasteiger partial charge in [-0.25, -0.2) is 8.42 Å². The van der Waals surface area contributed by atoms with Gasteiger partial charge in [0, 0.05) is 10.2 Å². The predicted molar refractivity (Wildman–Crippen MR) is 80.6 cm³/mol. The van der Waals surface area contributed by atoms with Crippen LogP contribution in [0.2, 0.25) is 0 Å². The van der Waals surface area contributed by atoms with E-state index in [4.69, 9.17) is 5.73 Å². The second-order valence-electron chi connectivity index (χ2n) is 4.34. The molecule has 0 bridgehead atoms. The molecule has 0 aromatic heterocycles. The van der Waals surface area contributed by atoms with Crippen molar-refractivity contribution < 1.29 is 8.42 Å². The summed E-state index contributed by atoms with van der Waals surface area (Å²) in [6.07, 6.45) is 0. The average Bonchev–Trinajstić information content (AvgIpc) is 2.35. The second kappa shape index (κ2) is 5.35. The van der Waals surface area contributed by atoms with E-state index in [1.54, 1.807) is 42.5 Å². The monoisotopic (exact) mass is 339 g/mol. The molecule has 0 unspecified atom stereocenters. The molecule has 3 nitrogen and oxygen atoms in total. The third-order valence-corrected chi connectivity index (χ3v) is 5.22. The summed E-state index contributed by atoms with van der Waals surface area (Å²) in [5.41, 5.74) is 7.97. The van der Waals surface area contributed by atoms with Crippen molar-refractivity contribution >= 4 is 31.5 Å². The van der Waals surface area contributed by atoms with Crippen LogP contribution in [-0.4, -0.2) is 8.42 Å². The first-order valence-electron chi connectivity index (χ1n) is 5.72. The Morgan fingerprint density at radius 2 is 1.74 bits per heavy atom. The quantitative estimate of drug-likeness (QED) is 0.872. The molecule has 2 rings (SSSR count). The van der Waals surface area contributed by atoms with Crippen molar-refractivity contribution in [2.24, 2.45) is 0 Å². The number of benzene rings is 2. The Labute approximate surface area is 121 Å². The molecule has 2 aromatic rings. The van der Waals surface area contributed by atoms with Gasteiger partial charge in [0.1, 0.15) is 0 Å². The summed E-state index contributed by atoms with van der Waals surface area (Å²) in [7, 11) is -3.35. The third-order valence-electron chi connectivity index (χ3n) is 3.01. The Bertz CT molecular complexity index is 694. The fourth-order valence-electron chi connectivity index (χ4n) is 1.79. The minimum absolute atomic E-state index is 0.0362. The van der Waals surface area contributed by atoms with Crippen LogP contribution in [0.3, 0.4) is 0 Å². The molecule has 0 aliphatic heterocycles. The van der Waals surface area contributed by atoms with Gasteiger partial charge in [-0.3, -0.25) is 0 Å². The van der Waals surface area contributed by atoms with E-state index in [1.165, 1.54) is 0 Å². The van der Waals surface area contributed by atoms with Crippen LogP contribution in [0.1, 0.15) is 11.1 Å². The van der Waals surface area contributed by atoms with Crippen LogP contribution in [0.4, 0.5) is 5.69 Å². The molecule has 0 aliphatic rings. The molecular formula is C14H14BrNO2S. The summed E-state index contributed by atoms with van der Waals surface area (Å²) in [6, 6.07) is 12.0. The molecule has 0 saturated carbocycles. The lowest BCUT2D eigenvalue weighted by molar-refractivity contribution is 0.595. The highest BCUT2D eigenvalue weighted by atomic mass is 79.9. The van der Waals surface area contributed by atoms with Crippen molar-refractivity contribution in [3.05, 3.63) is 58.1 Å².